The first-order valence-corrected chi connectivity index (χ1v) is 6.44. The van der Waals surface area contributed by atoms with Gasteiger partial charge in [-0.15, -0.1) is 0 Å². The number of nitrogens with two attached hydrogens (primary N) is 5. The van der Waals surface area contributed by atoms with Crippen LogP contribution in [0, 0.1) is 10.8 Å². The number of carbonyl (C=O) groups excluding carboxylic acids is 1. The van der Waals surface area contributed by atoms with Crippen molar-refractivity contribution in [3.63, 3.8) is 0 Å². The molecular formula is C13H29N5O2. The molecule has 0 atom stereocenters. The van der Waals surface area contributed by atoms with Crippen LogP contribution in [0.25, 0.3) is 0 Å². The standard InChI is InChI=1S/C13H29N5O2/c1-6-9(19)20-8-7-10(2,3)12(14,15)11(4,5)13(16,17)18/h6H,1,7-8,14-18H2,2-5H3. The molecule has 0 amide bonds. The van der Waals surface area contributed by atoms with E-state index in [1.807, 2.05) is 13.8 Å². The second kappa shape index (κ2) is 5.79. The third-order valence-electron chi connectivity index (χ3n) is 4.37. The fraction of sp³-hybridized carbons (Fsp3) is 0.769. The predicted octanol–water partition coefficient (Wildman–Crippen LogP) is -0.698. The Kier molecular flexibility index (Phi) is 5.50. The van der Waals surface area contributed by atoms with Gasteiger partial charge in [-0.2, -0.15) is 0 Å². The number of esters is 1. The van der Waals surface area contributed by atoms with Crippen LogP contribution in [0.1, 0.15) is 34.1 Å². The monoisotopic (exact) mass is 287 g/mol. The molecule has 0 aromatic rings. The maximum Gasteiger partial charge on any atom is 0.330 e. The van der Waals surface area contributed by atoms with E-state index in [0.717, 1.165) is 6.08 Å². The summed E-state index contributed by atoms with van der Waals surface area (Å²) >= 11 is 0. The minimum atomic E-state index is -1.55. The van der Waals surface area contributed by atoms with Crippen molar-refractivity contribution < 1.29 is 9.53 Å². The Labute approximate surface area is 120 Å². The van der Waals surface area contributed by atoms with Gasteiger partial charge in [0, 0.05) is 11.5 Å². The van der Waals surface area contributed by atoms with Crippen molar-refractivity contribution in [2.45, 2.75) is 45.6 Å². The van der Waals surface area contributed by atoms with Crippen LogP contribution in [0.5, 0.6) is 0 Å². The van der Waals surface area contributed by atoms with Crippen LogP contribution in [-0.2, 0) is 9.53 Å². The van der Waals surface area contributed by atoms with E-state index in [1.165, 1.54) is 0 Å². The highest BCUT2D eigenvalue weighted by Crippen LogP contribution is 2.43. The quantitative estimate of drug-likeness (QED) is 0.235. The van der Waals surface area contributed by atoms with Crippen molar-refractivity contribution in [3.05, 3.63) is 12.7 Å². The summed E-state index contributed by atoms with van der Waals surface area (Å²) < 4.78 is 4.96. The van der Waals surface area contributed by atoms with E-state index in [4.69, 9.17) is 33.4 Å². The van der Waals surface area contributed by atoms with Crippen molar-refractivity contribution in [1.82, 2.24) is 0 Å². The van der Waals surface area contributed by atoms with Crippen molar-refractivity contribution in [1.29, 1.82) is 0 Å². The van der Waals surface area contributed by atoms with Crippen LogP contribution >= 0.6 is 0 Å². The van der Waals surface area contributed by atoms with Gasteiger partial charge in [-0.05, 0) is 11.8 Å². The molecule has 0 aliphatic heterocycles. The van der Waals surface area contributed by atoms with Crippen molar-refractivity contribution in [2.24, 2.45) is 39.5 Å². The lowest BCUT2D eigenvalue weighted by molar-refractivity contribution is -0.139. The van der Waals surface area contributed by atoms with Gasteiger partial charge in [0.1, 0.15) is 5.79 Å². The Morgan fingerprint density at radius 3 is 1.90 bits per heavy atom. The minimum Gasteiger partial charge on any atom is -0.463 e. The fourth-order valence-electron chi connectivity index (χ4n) is 1.88. The summed E-state index contributed by atoms with van der Waals surface area (Å²) in [4.78, 5) is 11.0. The van der Waals surface area contributed by atoms with Crippen LogP contribution in [0.2, 0.25) is 0 Å². The second-order valence-electron chi connectivity index (χ2n) is 6.43. The zero-order valence-corrected chi connectivity index (χ0v) is 12.9. The average molecular weight is 287 g/mol. The molecule has 0 unspecified atom stereocenters. The van der Waals surface area contributed by atoms with Gasteiger partial charge < -0.3 is 33.4 Å². The van der Waals surface area contributed by atoms with Gasteiger partial charge in [0.2, 0.25) is 0 Å². The number of rotatable bonds is 7. The number of hydrogen-bond donors (Lipinski definition) is 5. The van der Waals surface area contributed by atoms with Gasteiger partial charge in [-0.25, -0.2) is 4.79 Å². The Morgan fingerprint density at radius 2 is 1.55 bits per heavy atom. The third-order valence-corrected chi connectivity index (χ3v) is 4.37. The summed E-state index contributed by atoms with van der Waals surface area (Å²) in [6.45, 7) is 10.6. The van der Waals surface area contributed by atoms with E-state index in [0.29, 0.717) is 6.42 Å². The molecule has 0 fully saturated rings. The summed E-state index contributed by atoms with van der Waals surface area (Å²) in [5.41, 5.74) is 27.1. The molecule has 0 aromatic carbocycles. The van der Waals surface area contributed by atoms with Gasteiger partial charge in [-0.3, -0.25) is 0 Å². The largest absolute Gasteiger partial charge is 0.463 e. The molecule has 10 N–H and O–H groups in total. The summed E-state index contributed by atoms with van der Waals surface area (Å²) in [6, 6.07) is 0. The van der Waals surface area contributed by atoms with E-state index in [2.05, 4.69) is 6.58 Å². The average Bonchev–Trinajstić information content (AvgIpc) is 2.26. The Morgan fingerprint density at radius 1 is 1.10 bits per heavy atom. The number of carbonyl (C=O) groups is 1. The van der Waals surface area contributed by atoms with Crippen LogP contribution in [-0.4, -0.2) is 24.0 Å². The van der Waals surface area contributed by atoms with Gasteiger partial charge in [0.15, 0.2) is 0 Å². The SMILES string of the molecule is C=CC(=O)OCCC(C)(C)C(N)(N)C(C)(C)C(N)(N)N. The maximum atomic E-state index is 11.0. The zero-order valence-electron chi connectivity index (χ0n) is 12.9. The number of hydrogen-bond acceptors (Lipinski definition) is 7. The first kappa shape index (κ1) is 19.0. The molecule has 0 spiro atoms. The van der Waals surface area contributed by atoms with Gasteiger partial charge in [-0.1, -0.05) is 34.3 Å². The molecule has 0 bridgehead atoms. The van der Waals surface area contributed by atoms with Crippen LogP contribution in [0.15, 0.2) is 12.7 Å². The predicted molar refractivity (Wildman–Crippen MR) is 79.7 cm³/mol. The van der Waals surface area contributed by atoms with Crippen LogP contribution < -0.4 is 28.7 Å². The lowest BCUT2D eigenvalue weighted by Gasteiger charge is -2.55. The van der Waals surface area contributed by atoms with Crippen LogP contribution in [0.4, 0.5) is 0 Å². The molecule has 0 aliphatic rings. The van der Waals surface area contributed by atoms with E-state index in [-0.39, 0.29) is 6.61 Å². The molecule has 0 saturated carbocycles. The molecule has 20 heavy (non-hydrogen) atoms. The first-order chi connectivity index (χ1) is 8.70. The van der Waals surface area contributed by atoms with E-state index < -0.39 is 28.2 Å². The highest BCUT2D eigenvalue weighted by atomic mass is 16.5. The molecule has 0 aromatic heterocycles. The third kappa shape index (κ3) is 3.56. The van der Waals surface area contributed by atoms with E-state index >= 15 is 0 Å². The Balaban J connectivity index is 5.07. The molecular weight excluding hydrogens is 258 g/mol. The van der Waals surface area contributed by atoms with Crippen molar-refractivity contribution >= 4 is 5.97 Å². The summed E-state index contributed by atoms with van der Waals surface area (Å²) in [7, 11) is 0. The summed E-state index contributed by atoms with van der Waals surface area (Å²) in [6.07, 6.45) is 1.53. The highest BCUT2D eigenvalue weighted by Gasteiger charge is 2.55. The first-order valence-electron chi connectivity index (χ1n) is 6.44. The van der Waals surface area contributed by atoms with Crippen molar-refractivity contribution in [3.8, 4) is 0 Å². The van der Waals surface area contributed by atoms with Crippen LogP contribution in [0.3, 0.4) is 0 Å². The van der Waals surface area contributed by atoms with E-state index in [9.17, 15) is 4.79 Å². The smallest absolute Gasteiger partial charge is 0.330 e. The van der Waals surface area contributed by atoms with Gasteiger partial charge in [0.25, 0.3) is 0 Å². The minimum absolute atomic E-state index is 0.163. The van der Waals surface area contributed by atoms with Gasteiger partial charge in [0.05, 0.1) is 12.3 Å². The lowest BCUT2D eigenvalue weighted by Crippen LogP contribution is -2.82. The molecule has 0 radical (unpaired) electrons. The fourth-order valence-corrected chi connectivity index (χ4v) is 1.88. The highest BCUT2D eigenvalue weighted by molar-refractivity contribution is 5.81. The van der Waals surface area contributed by atoms with E-state index in [1.54, 1.807) is 13.8 Å². The van der Waals surface area contributed by atoms with Gasteiger partial charge >= 0.3 is 5.97 Å². The summed E-state index contributed by atoms with van der Waals surface area (Å²) in [5.74, 6) is -2.04. The zero-order chi connectivity index (χ0) is 16.4. The summed E-state index contributed by atoms with van der Waals surface area (Å²) in [5, 5.41) is 0. The molecule has 0 rings (SSSR count). The second-order valence-corrected chi connectivity index (χ2v) is 6.43. The number of ether oxygens (including phenoxy) is 1. The topological polar surface area (TPSA) is 156 Å². The molecule has 0 heterocycles. The Hall–Kier alpha value is -0.990. The molecule has 7 nitrogen and oxygen atoms in total. The normalized spacial score (nSPS) is 14.1. The maximum absolute atomic E-state index is 11.0. The molecule has 7 heteroatoms. The Bertz CT molecular complexity index is 369. The van der Waals surface area contributed by atoms with Crippen molar-refractivity contribution in [2.75, 3.05) is 6.61 Å². The molecule has 118 valence electrons. The molecule has 0 saturated heterocycles. The lowest BCUT2D eigenvalue weighted by atomic mass is 9.61. The molecule has 0 aliphatic carbocycles.